The summed E-state index contributed by atoms with van der Waals surface area (Å²) in [6, 6.07) is 4.86. The predicted octanol–water partition coefficient (Wildman–Crippen LogP) is 2.21. The van der Waals surface area contributed by atoms with Crippen molar-refractivity contribution in [2.45, 2.75) is 19.4 Å². The van der Waals surface area contributed by atoms with Crippen LogP contribution in [0.2, 0.25) is 5.02 Å². The second-order valence-electron chi connectivity index (χ2n) is 4.40. The molecule has 2 rings (SSSR count). The summed E-state index contributed by atoms with van der Waals surface area (Å²) < 4.78 is 0. The number of thioether (sulfide) groups is 1. The Balaban J connectivity index is 2.03. The van der Waals surface area contributed by atoms with Crippen LogP contribution in [0.4, 0.5) is 5.69 Å². The summed E-state index contributed by atoms with van der Waals surface area (Å²) in [5, 5.41) is 6.11. The Hall–Kier alpha value is -1.20. The molecule has 1 aromatic rings. The quantitative estimate of drug-likeness (QED) is 0.880. The molecule has 2 amide bonds. The van der Waals surface area contributed by atoms with Crippen molar-refractivity contribution in [1.82, 2.24) is 5.32 Å². The van der Waals surface area contributed by atoms with Crippen molar-refractivity contribution < 1.29 is 9.59 Å². The van der Waals surface area contributed by atoms with E-state index in [2.05, 4.69) is 10.6 Å². The van der Waals surface area contributed by atoms with E-state index in [1.165, 1.54) is 0 Å². The van der Waals surface area contributed by atoms with Gasteiger partial charge in [-0.05, 0) is 24.6 Å². The van der Waals surface area contributed by atoms with Crippen molar-refractivity contribution in [3.63, 3.8) is 0 Å². The third-order valence-electron chi connectivity index (χ3n) is 2.85. The topological polar surface area (TPSA) is 58.2 Å². The number of aryl methyl sites for hydroxylation is 1. The third kappa shape index (κ3) is 3.88. The Morgan fingerprint density at radius 2 is 2.32 bits per heavy atom. The molecule has 6 heteroatoms. The van der Waals surface area contributed by atoms with Gasteiger partial charge in [0.2, 0.25) is 11.8 Å². The van der Waals surface area contributed by atoms with Gasteiger partial charge in [-0.25, -0.2) is 0 Å². The molecule has 1 aliphatic heterocycles. The second-order valence-corrected chi connectivity index (χ2v) is 5.96. The van der Waals surface area contributed by atoms with Gasteiger partial charge in [0.1, 0.15) is 6.04 Å². The Morgan fingerprint density at radius 3 is 3.05 bits per heavy atom. The normalized spacial score (nSPS) is 19.5. The lowest BCUT2D eigenvalue weighted by Gasteiger charge is -2.15. The summed E-state index contributed by atoms with van der Waals surface area (Å²) >= 11 is 7.61. The lowest BCUT2D eigenvalue weighted by molar-refractivity contribution is -0.125. The molecule has 4 nitrogen and oxygen atoms in total. The number of benzene rings is 1. The Bertz CT molecular complexity index is 507. The number of halogens is 1. The number of carbonyl (C=O) groups is 2. The van der Waals surface area contributed by atoms with E-state index in [-0.39, 0.29) is 11.8 Å². The van der Waals surface area contributed by atoms with Crippen LogP contribution in [-0.2, 0) is 9.59 Å². The van der Waals surface area contributed by atoms with E-state index >= 15 is 0 Å². The second kappa shape index (κ2) is 6.30. The highest BCUT2D eigenvalue weighted by molar-refractivity contribution is 7.99. The maximum Gasteiger partial charge on any atom is 0.247 e. The van der Waals surface area contributed by atoms with Crippen LogP contribution in [0.3, 0.4) is 0 Å². The number of rotatable bonds is 2. The molecule has 2 N–H and O–H groups in total. The van der Waals surface area contributed by atoms with Crippen molar-refractivity contribution >= 4 is 40.9 Å². The molecule has 0 radical (unpaired) electrons. The van der Waals surface area contributed by atoms with Gasteiger partial charge in [0.15, 0.2) is 0 Å². The van der Waals surface area contributed by atoms with Crippen LogP contribution in [0.5, 0.6) is 0 Å². The highest BCUT2D eigenvalue weighted by atomic mass is 35.5. The van der Waals surface area contributed by atoms with Gasteiger partial charge in [-0.2, -0.15) is 11.8 Å². The average Bonchev–Trinajstić information content (AvgIpc) is 2.58. The summed E-state index contributed by atoms with van der Waals surface area (Å²) in [5.41, 5.74) is 1.60. The van der Waals surface area contributed by atoms with Crippen LogP contribution in [0.1, 0.15) is 12.0 Å². The van der Waals surface area contributed by atoms with Crippen molar-refractivity contribution in [2.24, 2.45) is 0 Å². The summed E-state index contributed by atoms with van der Waals surface area (Å²) in [7, 11) is 0. The maximum atomic E-state index is 12.1. The largest absolute Gasteiger partial charge is 0.343 e. The average molecular weight is 299 g/mol. The monoisotopic (exact) mass is 298 g/mol. The zero-order valence-corrected chi connectivity index (χ0v) is 12.1. The SMILES string of the molecule is Cc1ccc(NC(=O)C2CSCCC(=O)N2)cc1Cl. The molecule has 0 saturated carbocycles. The fourth-order valence-corrected chi connectivity index (χ4v) is 2.86. The van der Waals surface area contributed by atoms with Crippen molar-refractivity contribution in [1.29, 1.82) is 0 Å². The van der Waals surface area contributed by atoms with E-state index in [9.17, 15) is 9.59 Å². The predicted molar refractivity (Wildman–Crippen MR) is 78.7 cm³/mol. The zero-order chi connectivity index (χ0) is 13.8. The molecule has 0 aliphatic carbocycles. The number of carbonyl (C=O) groups excluding carboxylic acids is 2. The molecule has 1 fully saturated rings. The van der Waals surface area contributed by atoms with Crippen molar-refractivity contribution in [3.8, 4) is 0 Å². The fourth-order valence-electron chi connectivity index (χ4n) is 1.72. The maximum absolute atomic E-state index is 12.1. The number of hydrogen-bond acceptors (Lipinski definition) is 3. The molecule has 1 aliphatic rings. The first-order chi connectivity index (χ1) is 9.06. The molecule has 1 atom stereocenters. The van der Waals surface area contributed by atoms with E-state index in [1.807, 2.05) is 13.0 Å². The molecule has 1 unspecified atom stereocenters. The lowest BCUT2D eigenvalue weighted by atomic mass is 10.2. The molecule has 19 heavy (non-hydrogen) atoms. The first-order valence-corrected chi connectivity index (χ1v) is 7.53. The summed E-state index contributed by atoms with van der Waals surface area (Å²) in [6.45, 7) is 1.90. The van der Waals surface area contributed by atoms with Crippen molar-refractivity contribution in [2.75, 3.05) is 16.8 Å². The standard InChI is InChI=1S/C13H15ClN2O2S/c1-8-2-3-9(6-10(8)14)15-13(18)11-7-19-5-4-12(17)16-11/h2-3,6,11H,4-5,7H2,1H3,(H,15,18)(H,16,17). The summed E-state index contributed by atoms with van der Waals surface area (Å²) in [4.78, 5) is 23.5. The molecule has 0 aromatic heterocycles. The molecule has 0 spiro atoms. The molecule has 1 aromatic carbocycles. The van der Waals surface area contributed by atoms with Gasteiger partial charge in [0, 0.05) is 28.6 Å². The first kappa shape index (κ1) is 14.2. The molecule has 1 heterocycles. The van der Waals surface area contributed by atoms with E-state index in [0.717, 1.165) is 11.3 Å². The third-order valence-corrected chi connectivity index (χ3v) is 4.32. The summed E-state index contributed by atoms with van der Waals surface area (Å²) in [6.07, 6.45) is 0.463. The van der Waals surface area contributed by atoms with Crippen molar-refractivity contribution in [3.05, 3.63) is 28.8 Å². The van der Waals surface area contributed by atoms with Gasteiger partial charge in [-0.3, -0.25) is 9.59 Å². The van der Waals surface area contributed by atoms with E-state index in [1.54, 1.807) is 23.9 Å². The van der Waals surface area contributed by atoms with Crippen LogP contribution in [-0.4, -0.2) is 29.4 Å². The van der Waals surface area contributed by atoms with Crippen LogP contribution < -0.4 is 10.6 Å². The van der Waals surface area contributed by atoms with Gasteiger partial charge >= 0.3 is 0 Å². The Kier molecular flexibility index (Phi) is 4.71. The molecule has 0 bridgehead atoms. The number of nitrogens with one attached hydrogen (secondary N) is 2. The van der Waals surface area contributed by atoms with Crippen LogP contribution in [0.25, 0.3) is 0 Å². The van der Waals surface area contributed by atoms with E-state index < -0.39 is 6.04 Å². The number of hydrogen-bond donors (Lipinski definition) is 2. The fraction of sp³-hybridized carbons (Fsp3) is 0.385. The molecular weight excluding hydrogens is 284 g/mol. The minimum absolute atomic E-state index is 0.0768. The highest BCUT2D eigenvalue weighted by Gasteiger charge is 2.23. The van der Waals surface area contributed by atoms with Gasteiger partial charge in [0.05, 0.1) is 0 Å². The minimum Gasteiger partial charge on any atom is -0.343 e. The smallest absolute Gasteiger partial charge is 0.247 e. The summed E-state index contributed by atoms with van der Waals surface area (Å²) in [5.74, 6) is 1.07. The van der Waals surface area contributed by atoms with Crippen LogP contribution >= 0.6 is 23.4 Å². The van der Waals surface area contributed by atoms with Gasteiger partial charge in [-0.1, -0.05) is 17.7 Å². The number of anilines is 1. The van der Waals surface area contributed by atoms with Gasteiger partial charge in [0.25, 0.3) is 0 Å². The molecule has 102 valence electrons. The highest BCUT2D eigenvalue weighted by Crippen LogP contribution is 2.20. The van der Waals surface area contributed by atoms with E-state index in [0.29, 0.717) is 22.9 Å². The number of amides is 2. The first-order valence-electron chi connectivity index (χ1n) is 6.00. The lowest BCUT2D eigenvalue weighted by Crippen LogP contribution is -2.44. The van der Waals surface area contributed by atoms with E-state index in [4.69, 9.17) is 11.6 Å². The van der Waals surface area contributed by atoms with Gasteiger partial charge < -0.3 is 10.6 Å². The van der Waals surface area contributed by atoms with Gasteiger partial charge in [-0.15, -0.1) is 0 Å². The Morgan fingerprint density at radius 1 is 1.53 bits per heavy atom. The minimum atomic E-state index is -0.486. The molecular formula is C13H15ClN2O2S. The van der Waals surface area contributed by atoms with Crippen LogP contribution in [0, 0.1) is 6.92 Å². The zero-order valence-electron chi connectivity index (χ0n) is 10.5. The molecule has 1 saturated heterocycles. The van der Waals surface area contributed by atoms with Crippen LogP contribution in [0.15, 0.2) is 18.2 Å². The Labute approximate surface area is 121 Å².